The molecule has 20 heavy (non-hydrogen) atoms. The SMILES string of the molecule is CCC1(CC)CC(=O)N(CC2(O)CCCCCC2)C1=O. The van der Waals surface area contributed by atoms with Crippen LogP contribution in [0.1, 0.15) is 71.6 Å². The Hall–Kier alpha value is -0.900. The topological polar surface area (TPSA) is 57.6 Å². The first-order chi connectivity index (χ1) is 9.46. The molecule has 1 N–H and O–H groups in total. The van der Waals surface area contributed by atoms with Crippen molar-refractivity contribution in [2.45, 2.75) is 77.2 Å². The van der Waals surface area contributed by atoms with Gasteiger partial charge in [-0.3, -0.25) is 14.5 Å². The van der Waals surface area contributed by atoms with Crippen molar-refractivity contribution >= 4 is 11.8 Å². The number of likely N-dealkylation sites (tertiary alicyclic amines) is 1. The lowest BCUT2D eigenvalue weighted by molar-refractivity contribution is -0.146. The van der Waals surface area contributed by atoms with Gasteiger partial charge in [-0.05, 0) is 25.7 Å². The predicted octanol–water partition coefficient (Wildman–Crippen LogP) is 2.64. The van der Waals surface area contributed by atoms with E-state index >= 15 is 0 Å². The fourth-order valence-electron chi connectivity index (χ4n) is 3.66. The monoisotopic (exact) mass is 281 g/mol. The van der Waals surface area contributed by atoms with E-state index in [2.05, 4.69) is 0 Å². The third kappa shape index (κ3) is 2.76. The number of amides is 2. The Balaban J connectivity index is 2.12. The lowest BCUT2D eigenvalue weighted by atomic mass is 9.81. The Kier molecular flexibility index (Phi) is 4.52. The van der Waals surface area contributed by atoms with Gasteiger partial charge in [0.1, 0.15) is 0 Å². The molecule has 2 aliphatic rings. The van der Waals surface area contributed by atoms with E-state index in [9.17, 15) is 14.7 Å². The van der Waals surface area contributed by atoms with Crippen LogP contribution in [0.25, 0.3) is 0 Å². The number of imide groups is 1. The Morgan fingerprint density at radius 2 is 1.60 bits per heavy atom. The molecule has 0 unspecified atom stereocenters. The quantitative estimate of drug-likeness (QED) is 0.636. The van der Waals surface area contributed by atoms with Gasteiger partial charge in [0, 0.05) is 6.42 Å². The molecular weight excluding hydrogens is 254 g/mol. The molecule has 0 atom stereocenters. The fourth-order valence-corrected chi connectivity index (χ4v) is 3.66. The van der Waals surface area contributed by atoms with Gasteiger partial charge in [0.25, 0.3) is 0 Å². The highest BCUT2D eigenvalue weighted by Gasteiger charge is 2.50. The molecule has 1 aliphatic heterocycles. The van der Waals surface area contributed by atoms with Gasteiger partial charge in [0.15, 0.2) is 0 Å². The van der Waals surface area contributed by atoms with E-state index in [1.165, 1.54) is 4.90 Å². The number of hydrogen-bond acceptors (Lipinski definition) is 3. The summed E-state index contributed by atoms with van der Waals surface area (Å²) in [5.41, 5.74) is -1.38. The van der Waals surface area contributed by atoms with Gasteiger partial charge in [0.2, 0.25) is 11.8 Å². The fraction of sp³-hybridized carbons (Fsp3) is 0.875. The summed E-state index contributed by atoms with van der Waals surface area (Å²) in [6.07, 6.45) is 7.36. The third-order valence-corrected chi connectivity index (χ3v) is 5.33. The number of β-amino-alcohol motifs (C(OH)–C–C–N with tert-alkyl or cyclic N) is 1. The average Bonchev–Trinajstić information content (AvgIpc) is 2.60. The molecule has 0 radical (unpaired) electrons. The third-order valence-electron chi connectivity index (χ3n) is 5.33. The molecule has 0 aromatic rings. The number of rotatable bonds is 4. The second kappa shape index (κ2) is 5.84. The van der Waals surface area contributed by atoms with Crippen molar-refractivity contribution in [1.82, 2.24) is 4.90 Å². The van der Waals surface area contributed by atoms with Crippen LogP contribution in [0.4, 0.5) is 0 Å². The lowest BCUT2D eigenvalue weighted by Gasteiger charge is -2.32. The molecule has 2 fully saturated rings. The Morgan fingerprint density at radius 3 is 2.05 bits per heavy atom. The molecule has 1 saturated heterocycles. The summed E-state index contributed by atoms with van der Waals surface area (Å²) < 4.78 is 0. The highest BCUT2D eigenvalue weighted by atomic mass is 16.3. The minimum absolute atomic E-state index is 0.0647. The van der Waals surface area contributed by atoms with Crippen molar-refractivity contribution in [1.29, 1.82) is 0 Å². The summed E-state index contributed by atoms with van der Waals surface area (Å²) in [6, 6.07) is 0. The number of nitrogens with zero attached hydrogens (tertiary/aromatic N) is 1. The standard InChI is InChI=1S/C16H27NO3/c1-3-15(4-2)11-13(18)17(14(15)19)12-16(20)9-7-5-6-8-10-16/h20H,3-12H2,1-2H3. The highest BCUT2D eigenvalue weighted by Crippen LogP contribution is 2.40. The molecule has 0 spiro atoms. The summed E-state index contributed by atoms with van der Waals surface area (Å²) in [7, 11) is 0. The maximum atomic E-state index is 12.6. The first kappa shape index (κ1) is 15.5. The summed E-state index contributed by atoms with van der Waals surface area (Å²) >= 11 is 0. The summed E-state index contributed by atoms with van der Waals surface area (Å²) in [4.78, 5) is 26.2. The molecule has 1 heterocycles. The molecule has 1 saturated carbocycles. The minimum Gasteiger partial charge on any atom is -0.388 e. The zero-order valence-corrected chi connectivity index (χ0v) is 12.8. The van der Waals surface area contributed by atoms with Crippen molar-refractivity contribution in [2.24, 2.45) is 5.41 Å². The predicted molar refractivity (Wildman–Crippen MR) is 77.0 cm³/mol. The van der Waals surface area contributed by atoms with Crippen molar-refractivity contribution in [2.75, 3.05) is 6.54 Å². The van der Waals surface area contributed by atoms with Crippen LogP contribution in [0, 0.1) is 5.41 Å². The first-order valence-corrected chi connectivity index (χ1v) is 8.03. The Morgan fingerprint density at radius 1 is 1.05 bits per heavy atom. The maximum Gasteiger partial charge on any atom is 0.235 e. The second-order valence-electron chi connectivity index (χ2n) is 6.59. The molecule has 1 aliphatic carbocycles. The molecular formula is C16H27NO3. The first-order valence-electron chi connectivity index (χ1n) is 8.03. The van der Waals surface area contributed by atoms with E-state index in [1.807, 2.05) is 13.8 Å². The van der Waals surface area contributed by atoms with Crippen LogP contribution in [0.2, 0.25) is 0 Å². The van der Waals surface area contributed by atoms with E-state index in [0.29, 0.717) is 32.1 Å². The van der Waals surface area contributed by atoms with Gasteiger partial charge in [-0.25, -0.2) is 0 Å². The molecule has 0 bridgehead atoms. The highest BCUT2D eigenvalue weighted by molar-refractivity contribution is 6.05. The van der Waals surface area contributed by atoms with Crippen LogP contribution in [0.15, 0.2) is 0 Å². The van der Waals surface area contributed by atoms with Gasteiger partial charge in [0.05, 0.1) is 17.6 Å². The van der Waals surface area contributed by atoms with E-state index < -0.39 is 11.0 Å². The Bertz CT molecular complexity index is 379. The van der Waals surface area contributed by atoms with Gasteiger partial charge < -0.3 is 5.11 Å². The van der Waals surface area contributed by atoms with Crippen molar-refractivity contribution in [3.05, 3.63) is 0 Å². The minimum atomic E-state index is -0.862. The van der Waals surface area contributed by atoms with Crippen LogP contribution in [-0.4, -0.2) is 34.0 Å². The summed E-state index contributed by atoms with van der Waals surface area (Å²) in [5.74, 6) is -0.165. The number of carbonyl (C=O) groups is 2. The maximum absolute atomic E-state index is 12.6. The zero-order valence-electron chi connectivity index (χ0n) is 12.8. The van der Waals surface area contributed by atoms with Crippen LogP contribution >= 0.6 is 0 Å². The number of aliphatic hydroxyl groups is 1. The van der Waals surface area contributed by atoms with Crippen molar-refractivity contribution < 1.29 is 14.7 Å². The number of hydrogen-bond donors (Lipinski definition) is 1. The summed E-state index contributed by atoms with van der Waals surface area (Å²) in [6.45, 7) is 4.14. The summed E-state index contributed by atoms with van der Waals surface area (Å²) in [5, 5.41) is 10.7. The average molecular weight is 281 g/mol. The normalized spacial score (nSPS) is 25.9. The van der Waals surface area contributed by atoms with E-state index in [-0.39, 0.29) is 18.4 Å². The molecule has 4 nitrogen and oxygen atoms in total. The van der Waals surface area contributed by atoms with Gasteiger partial charge in [-0.1, -0.05) is 39.5 Å². The van der Waals surface area contributed by atoms with Crippen molar-refractivity contribution in [3.8, 4) is 0 Å². The molecule has 0 aromatic heterocycles. The molecule has 0 aromatic carbocycles. The van der Waals surface area contributed by atoms with Crippen LogP contribution in [0.5, 0.6) is 0 Å². The number of carbonyl (C=O) groups excluding carboxylic acids is 2. The van der Waals surface area contributed by atoms with Gasteiger partial charge in [-0.15, -0.1) is 0 Å². The van der Waals surface area contributed by atoms with Gasteiger partial charge in [-0.2, -0.15) is 0 Å². The largest absolute Gasteiger partial charge is 0.388 e. The van der Waals surface area contributed by atoms with E-state index in [4.69, 9.17) is 0 Å². The molecule has 2 amide bonds. The second-order valence-corrected chi connectivity index (χ2v) is 6.59. The molecule has 2 rings (SSSR count). The Labute approximate surface area is 121 Å². The van der Waals surface area contributed by atoms with E-state index in [0.717, 1.165) is 25.7 Å². The van der Waals surface area contributed by atoms with Gasteiger partial charge >= 0.3 is 0 Å². The van der Waals surface area contributed by atoms with E-state index in [1.54, 1.807) is 0 Å². The van der Waals surface area contributed by atoms with Crippen LogP contribution in [0.3, 0.4) is 0 Å². The zero-order chi connectivity index (χ0) is 14.8. The smallest absolute Gasteiger partial charge is 0.235 e. The van der Waals surface area contributed by atoms with Crippen molar-refractivity contribution in [3.63, 3.8) is 0 Å². The molecule has 4 heteroatoms. The van der Waals surface area contributed by atoms with Crippen LogP contribution in [-0.2, 0) is 9.59 Å². The lowest BCUT2D eigenvalue weighted by Crippen LogP contribution is -2.46. The van der Waals surface area contributed by atoms with Crippen LogP contribution < -0.4 is 0 Å². The molecule has 114 valence electrons.